The van der Waals surface area contributed by atoms with E-state index in [1.165, 1.54) is 24.8 Å². The smallest absolute Gasteiger partial charge is 0.320 e. The minimum atomic E-state index is -0.102. The molecule has 0 bridgehead atoms. The molecule has 1 aliphatic heterocycles. The third-order valence-corrected chi connectivity index (χ3v) is 9.03. The zero-order valence-corrected chi connectivity index (χ0v) is 21.4. The van der Waals surface area contributed by atoms with E-state index in [2.05, 4.69) is 53.1 Å². The molecule has 0 unspecified atom stereocenters. The van der Waals surface area contributed by atoms with Crippen LogP contribution >= 0.6 is 0 Å². The molecular weight excluding hydrogens is 438 g/mol. The highest BCUT2D eigenvalue weighted by atomic mass is 16.5. The zero-order valence-electron chi connectivity index (χ0n) is 21.4. The number of ether oxygens (including phenoxy) is 1. The van der Waals surface area contributed by atoms with Crippen molar-refractivity contribution in [2.45, 2.75) is 62.6 Å². The number of rotatable bonds is 7. The van der Waals surface area contributed by atoms with Gasteiger partial charge in [0.05, 0.1) is 12.6 Å². The number of hydrogen-bond acceptors (Lipinski definition) is 4. The lowest BCUT2D eigenvalue weighted by Gasteiger charge is -2.51. The number of phenolic OH excluding ortho intramolecular Hbond substituents is 1. The summed E-state index contributed by atoms with van der Waals surface area (Å²) < 4.78 is 5.31. The number of carbonyl (C=O) groups excluding carboxylic acids is 1. The Labute approximate surface area is 209 Å². The molecule has 2 aliphatic carbocycles. The number of nitrogens with zero attached hydrogens (tertiary/aromatic N) is 3. The van der Waals surface area contributed by atoms with E-state index in [1.807, 2.05) is 12.1 Å². The van der Waals surface area contributed by atoms with Gasteiger partial charge in [-0.3, -0.25) is 4.90 Å². The molecule has 3 fully saturated rings. The molecule has 188 valence electrons. The molecule has 1 N–H and O–H groups in total. The lowest BCUT2D eigenvalue weighted by molar-refractivity contribution is 0.0159. The second-order valence-corrected chi connectivity index (χ2v) is 11.1. The van der Waals surface area contributed by atoms with Crippen LogP contribution < -0.4 is 4.74 Å². The summed E-state index contributed by atoms with van der Waals surface area (Å²) in [6, 6.07) is 16.0. The normalized spacial score (nSPS) is 27.0. The lowest BCUT2D eigenvalue weighted by Crippen LogP contribution is -2.56. The fourth-order valence-electron chi connectivity index (χ4n) is 6.48. The van der Waals surface area contributed by atoms with Gasteiger partial charge in [0.1, 0.15) is 11.5 Å². The van der Waals surface area contributed by atoms with Crippen molar-refractivity contribution < 1.29 is 14.6 Å². The Kier molecular flexibility index (Phi) is 6.43. The molecule has 1 heterocycles. The van der Waals surface area contributed by atoms with Gasteiger partial charge in [-0.05, 0) is 93.9 Å². The third kappa shape index (κ3) is 4.37. The summed E-state index contributed by atoms with van der Waals surface area (Å²) in [5, 5.41) is 9.83. The second kappa shape index (κ2) is 9.38. The SMILES string of the molecule is COc1ccc(CN2CC3(CCC(c4ccc(O)cc4)(N(C)C)CC3)N(CC3CCC3)C2=O)cc1. The van der Waals surface area contributed by atoms with Crippen molar-refractivity contribution in [2.24, 2.45) is 5.92 Å². The quantitative estimate of drug-likeness (QED) is 0.595. The molecule has 1 spiro atoms. The largest absolute Gasteiger partial charge is 0.508 e. The molecular formula is C29H39N3O3. The fraction of sp³-hybridized carbons (Fsp3) is 0.552. The molecule has 0 atom stereocenters. The van der Waals surface area contributed by atoms with Crippen molar-refractivity contribution >= 4 is 6.03 Å². The summed E-state index contributed by atoms with van der Waals surface area (Å²) in [7, 11) is 6.00. The zero-order chi connectivity index (χ0) is 24.6. The van der Waals surface area contributed by atoms with Gasteiger partial charge in [0.15, 0.2) is 0 Å². The fourth-order valence-corrected chi connectivity index (χ4v) is 6.48. The molecule has 2 saturated carbocycles. The standard InChI is InChI=1S/C29H39N3O3/c1-30(2)29(24-9-11-25(33)12-10-24)17-15-28(16-18-29)21-31(19-23-7-13-26(35-3)14-8-23)27(34)32(28)20-22-5-4-6-22/h7-14,22,33H,4-6,15-21H2,1-3H3. The first-order chi connectivity index (χ1) is 16.8. The molecule has 0 radical (unpaired) electrons. The van der Waals surface area contributed by atoms with Gasteiger partial charge in [0, 0.05) is 25.2 Å². The Morgan fingerprint density at radius 3 is 2.20 bits per heavy atom. The van der Waals surface area contributed by atoms with Gasteiger partial charge in [-0.2, -0.15) is 0 Å². The van der Waals surface area contributed by atoms with E-state index in [9.17, 15) is 9.90 Å². The molecule has 5 rings (SSSR count). The first-order valence-electron chi connectivity index (χ1n) is 13.0. The van der Waals surface area contributed by atoms with Crippen LogP contribution in [0, 0.1) is 5.92 Å². The highest BCUT2D eigenvalue weighted by molar-refractivity contribution is 5.78. The first-order valence-corrected chi connectivity index (χ1v) is 13.0. The van der Waals surface area contributed by atoms with Crippen LogP contribution in [-0.2, 0) is 12.1 Å². The van der Waals surface area contributed by atoms with E-state index in [0.717, 1.165) is 50.1 Å². The predicted molar refractivity (Wildman–Crippen MR) is 138 cm³/mol. The number of methoxy groups -OCH3 is 1. The number of benzene rings is 2. The van der Waals surface area contributed by atoms with Crippen molar-refractivity contribution in [1.82, 2.24) is 14.7 Å². The van der Waals surface area contributed by atoms with Crippen LogP contribution in [0.15, 0.2) is 48.5 Å². The van der Waals surface area contributed by atoms with Crippen LogP contribution in [0.2, 0.25) is 0 Å². The average Bonchev–Trinajstić information content (AvgIpc) is 3.08. The van der Waals surface area contributed by atoms with Crippen molar-refractivity contribution in [1.29, 1.82) is 0 Å². The first kappa shape index (κ1) is 24.0. The topological polar surface area (TPSA) is 56.3 Å². The van der Waals surface area contributed by atoms with Crippen LogP contribution in [0.1, 0.15) is 56.1 Å². The molecule has 1 saturated heterocycles. The highest BCUT2D eigenvalue weighted by Gasteiger charge is 2.54. The minimum absolute atomic E-state index is 0.0759. The van der Waals surface area contributed by atoms with Crippen molar-refractivity contribution in [2.75, 3.05) is 34.3 Å². The van der Waals surface area contributed by atoms with Crippen LogP contribution in [-0.4, -0.2) is 65.7 Å². The number of carbonyl (C=O) groups is 1. The van der Waals surface area contributed by atoms with Gasteiger partial charge >= 0.3 is 6.03 Å². The highest BCUT2D eigenvalue weighted by Crippen LogP contribution is 2.50. The summed E-state index contributed by atoms with van der Waals surface area (Å²) in [6.07, 6.45) is 7.75. The molecule has 2 aromatic rings. The monoisotopic (exact) mass is 477 g/mol. The van der Waals surface area contributed by atoms with Gasteiger partial charge in [-0.1, -0.05) is 30.7 Å². The van der Waals surface area contributed by atoms with Crippen molar-refractivity contribution in [3.63, 3.8) is 0 Å². The van der Waals surface area contributed by atoms with Gasteiger partial charge in [0.25, 0.3) is 0 Å². The van der Waals surface area contributed by atoms with Crippen LogP contribution in [0.3, 0.4) is 0 Å². The van der Waals surface area contributed by atoms with Crippen molar-refractivity contribution in [3.05, 3.63) is 59.7 Å². The van der Waals surface area contributed by atoms with Crippen molar-refractivity contribution in [3.8, 4) is 11.5 Å². The third-order valence-electron chi connectivity index (χ3n) is 9.03. The molecule has 2 aromatic carbocycles. The Bertz CT molecular complexity index is 1020. The van der Waals surface area contributed by atoms with Crippen LogP contribution in [0.5, 0.6) is 11.5 Å². The maximum absolute atomic E-state index is 13.8. The number of amides is 2. The Morgan fingerprint density at radius 1 is 1.00 bits per heavy atom. The van der Waals surface area contributed by atoms with Crippen LogP contribution in [0.25, 0.3) is 0 Å². The van der Waals surface area contributed by atoms with E-state index >= 15 is 0 Å². The number of aromatic hydroxyl groups is 1. The maximum Gasteiger partial charge on any atom is 0.320 e. The number of urea groups is 1. The predicted octanol–water partition coefficient (Wildman–Crippen LogP) is 5.21. The summed E-state index contributed by atoms with van der Waals surface area (Å²) >= 11 is 0. The Balaban J connectivity index is 1.38. The molecule has 6 nitrogen and oxygen atoms in total. The molecule has 3 aliphatic rings. The summed E-state index contributed by atoms with van der Waals surface area (Å²) in [5.74, 6) is 1.79. The van der Waals surface area contributed by atoms with Crippen LogP contribution in [0.4, 0.5) is 4.79 Å². The summed E-state index contributed by atoms with van der Waals surface area (Å²) in [5.41, 5.74) is 2.21. The van der Waals surface area contributed by atoms with E-state index < -0.39 is 0 Å². The van der Waals surface area contributed by atoms with Gasteiger partial charge in [-0.15, -0.1) is 0 Å². The summed E-state index contributed by atoms with van der Waals surface area (Å²) in [4.78, 5) is 20.4. The molecule has 0 aromatic heterocycles. The molecule has 35 heavy (non-hydrogen) atoms. The number of phenols is 1. The Morgan fingerprint density at radius 2 is 1.66 bits per heavy atom. The van der Waals surface area contributed by atoms with Gasteiger partial charge < -0.3 is 19.6 Å². The van der Waals surface area contributed by atoms with E-state index in [-0.39, 0.29) is 17.1 Å². The number of hydrogen-bond donors (Lipinski definition) is 1. The van der Waals surface area contributed by atoms with Gasteiger partial charge in [-0.25, -0.2) is 4.79 Å². The van der Waals surface area contributed by atoms with E-state index in [0.29, 0.717) is 18.2 Å². The Hall–Kier alpha value is -2.73. The second-order valence-electron chi connectivity index (χ2n) is 11.1. The van der Waals surface area contributed by atoms with Gasteiger partial charge in [0.2, 0.25) is 0 Å². The maximum atomic E-state index is 13.8. The average molecular weight is 478 g/mol. The molecule has 6 heteroatoms. The van der Waals surface area contributed by atoms with E-state index in [4.69, 9.17) is 4.74 Å². The van der Waals surface area contributed by atoms with E-state index in [1.54, 1.807) is 19.2 Å². The minimum Gasteiger partial charge on any atom is -0.508 e. The molecule has 2 amide bonds. The lowest BCUT2D eigenvalue weighted by atomic mass is 9.68. The summed E-state index contributed by atoms with van der Waals surface area (Å²) in [6.45, 7) is 2.33.